The van der Waals surface area contributed by atoms with Gasteiger partial charge in [0.2, 0.25) is 5.88 Å². The molecule has 3 nitrogen and oxygen atoms in total. The number of rotatable bonds is 3. The lowest BCUT2D eigenvalue weighted by Gasteiger charge is -2.34. The zero-order valence-corrected chi connectivity index (χ0v) is 11.2. The molecular formula is C13H19ClN2O. The van der Waals surface area contributed by atoms with Gasteiger partial charge in [-0.2, -0.15) is 0 Å². The fraction of sp³-hybridized carbons (Fsp3) is 0.615. The highest BCUT2D eigenvalue weighted by molar-refractivity contribution is 6.21. The van der Waals surface area contributed by atoms with Crippen molar-refractivity contribution in [3.63, 3.8) is 0 Å². The molecule has 2 rings (SSSR count). The van der Waals surface area contributed by atoms with Crippen LogP contribution < -0.4 is 4.74 Å². The molecule has 1 saturated heterocycles. The number of aromatic nitrogens is 1. The van der Waals surface area contributed by atoms with Crippen molar-refractivity contribution in [3.05, 3.63) is 23.9 Å². The minimum Gasteiger partial charge on any atom is -0.481 e. The van der Waals surface area contributed by atoms with Crippen LogP contribution in [0.15, 0.2) is 18.3 Å². The first-order valence-electron chi connectivity index (χ1n) is 6.05. The van der Waals surface area contributed by atoms with E-state index in [0.717, 1.165) is 37.5 Å². The molecule has 94 valence electrons. The molecule has 1 aromatic heterocycles. The van der Waals surface area contributed by atoms with E-state index in [-0.39, 0.29) is 5.38 Å². The van der Waals surface area contributed by atoms with Gasteiger partial charge in [-0.1, -0.05) is 13.0 Å². The van der Waals surface area contributed by atoms with E-state index in [0.29, 0.717) is 5.92 Å². The van der Waals surface area contributed by atoms with Crippen molar-refractivity contribution < 1.29 is 4.74 Å². The lowest BCUT2D eigenvalue weighted by Crippen LogP contribution is -2.39. The third kappa shape index (κ3) is 3.11. The van der Waals surface area contributed by atoms with Gasteiger partial charge >= 0.3 is 0 Å². The first-order valence-corrected chi connectivity index (χ1v) is 6.48. The topological polar surface area (TPSA) is 25.4 Å². The number of hydrogen-bond acceptors (Lipinski definition) is 3. The van der Waals surface area contributed by atoms with Crippen LogP contribution in [0.1, 0.15) is 18.9 Å². The number of piperidine rings is 1. The molecule has 1 fully saturated rings. The van der Waals surface area contributed by atoms with Gasteiger partial charge in [0.15, 0.2) is 0 Å². The molecule has 0 saturated carbocycles. The van der Waals surface area contributed by atoms with Gasteiger partial charge in [0, 0.05) is 30.2 Å². The van der Waals surface area contributed by atoms with Crippen LogP contribution >= 0.6 is 11.6 Å². The summed E-state index contributed by atoms with van der Waals surface area (Å²) in [5.41, 5.74) is 1.13. The minimum atomic E-state index is 0.256. The smallest absolute Gasteiger partial charge is 0.217 e. The second kappa shape index (κ2) is 5.69. The summed E-state index contributed by atoms with van der Waals surface area (Å²) in [5.74, 6) is 1.33. The van der Waals surface area contributed by atoms with E-state index in [1.165, 1.54) is 0 Å². The van der Waals surface area contributed by atoms with Crippen LogP contribution in [0.3, 0.4) is 0 Å². The lowest BCUT2D eigenvalue weighted by molar-refractivity contribution is 0.187. The van der Waals surface area contributed by atoms with Crippen molar-refractivity contribution in [2.45, 2.75) is 25.3 Å². The van der Waals surface area contributed by atoms with Crippen LogP contribution in [0.4, 0.5) is 0 Å². The number of nitrogens with zero attached hydrogens (tertiary/aromatic N) is 2. The normalized spacial score (nSPS) is 25.8. The molecule has 0 spiro atoms. The van der Waals surface area contributed by atoms with Gasteiger partial charge in [0.25, 0.3) is 0 Å². The summed E-state index contributed by atoms with van der Waals surface area (Å²) in [5, 5.41) is 0.256. The van der Waals surface area contributed by atoms with Crippen LogP contribution in [0.25, 0.3) is 0 Å². The SMILES string of the molecule is COc1ncccc1CN1CCC(C)C(Cl)C1. The molecule has 1 aromatic rings. The van der Waals surface area contributed by atoms with Crippen LogP contribution in [-0.4, -0.2) is 35.5 Å². The minimum absolute atomic E-state index is 0.256. The number of methoxy groups -OCH3 is 1. The Balaban J connectivity index is 2.01. The maximum Gasteiger partial charge on any atom is 0.217 e. The molecule has 4 heteroatoms. The molecule has 1 aliphatic heterocycles. The van der Waals surface area contributed by atoms with Crippen molar-refractivity contribution in [2.75, 3.05) is 20.2 Å². The number of ether oxygens (including phenoxy) is 1. The molecule has 0 bridgehead atoms. The number of hydrogen-bond donors (Lipinski definition) is 0. The summed E-state index contributed by atoms with van der Waals surface area (Å²) in [4.78, 5) is 6.59. The average molecular weight is 255 g/mol. The Morgan fingerprint density at radius 2 is 2.41 bits per heavy atom. The van der Waals surface area contributed by atoms with Crippen LogP contribution in [0.5, 0.6) is 5.88 Å². The summed E-state index contributed by atoms with van der Waals surface area (Å²) in [6.45, 7) is 5.13. The average Bonchev–Trinajstić information content (AvgIpc) is 2.34. The molecule has 0 N–H and O–H groups in total. The summed E-state index contributed by atoms with van der Waals surface area (Å²) in [7, 11) is 1.66. The molecular weight excluding hydrogens is 236 g/mol. The standard InChI is InChI=1S/C13H19ClN2O/c1-10-5-7-16(9-12(10)14)8-11-4-3-6-15-13(11)17-2/h3-4,6,10,12H,5,7-9H2,1-2H3. The molecule has 2 heterocycles. The summed E-state index contributed by atoms with van der Waals surface area (Å²) in [6, 6.07) is 4.01. The van der Waals surface area contributed by atoms with Gasteiger partial charge in [-0.15, -0.1) is 11.6 Å². The Kier molecular flexibility index (Phi) is 4.24. The van der Waals surface area contributed by atoms with Gasteiger partial charge in [-0.05, 0) is 24.9 Å². The number of pyridine rings is 1. The van der Waals surface area contributed by atoms with E-state index in [4.69, 9.17) is 16.3 Å². The highest BCUT2D eigenvalue weighted by Gasteiger charge is 2.24. The fourth-order valence-electron chi connectivity index (χ4n) is 2.20. The van der Waals surface area contributed by atoms with E-state index in [9.17, 15) is 0 Å². The molecule has 0 amide bonds. The second-order valence-corrected chi connectivity index (χ2v) is 5.25. The maximum atomic E-state index is 6.31. The predicted molar refractivity (Wildman–Crippen MR) is 69.5 cm³/mol. The Bertz CT molecular complexity index is 372. The first kappa shape index (κ1) is 12.7. The Hall–Kier alpha value is -0.800. The Morgan fingerprint density at radius 3 is 3.12 bits per heavy atom. The Morgan fingerprint density at radius 1 is 1.59 bits per heavy atom. The van der Waals surface area contributed by atoms with Crippen molar-refractivity contribution in [3.8, 4) is 5.88 Å². The van der Waals surface area contributed by atoms with E-state index < -0.39 is 0 Å². The van der Waals surface area contributed by atoms with Gasteiger partial charge in [-0.3, -0.25) is 4.90 Å². The van der Waals surface area contributed by atoms with Gasteiger partial charge in [0.1, 0.15) is 0 Å². The van der Waals surface area contributed by atoms with E-state index in [2.05, 4.69) is 22.9 Å². The number of halogens is 1. The third-order valence-corrected chi connectivity index (χ3v) is 3.96. The molecule has 2 unspecified atom stereocenters. The molecule has 0 aromatic carbocycles. The zero-order chi connectivity index (χ0) is 12.3. The van der Waals surface area contributed by atoms with E-state index >= 15 is 0 Å². The first-order chi connectivity index (χ1) is 8.20. The molecule has 1 aliphatic rings. The molecule has 0 aliphatic carbocycles. The highest BCUT2D eigenvalue weighted by atomic mass is 35.5. The Labute approximate surface area is 108 Å². The quantitative estimate of drug-likeness (QED) is 0.776. The van der Waals surface area contributed by atoms with Crippen LogP contribution in [0, 0.1) is 5.92 Å². The van der Waals surface area contributed by atoms with Gasteiger partial charge in [0.05, 0.1) is 7.11 Å². The monoisotopic (exact) mass is 254 g/mol. The molecule has 2 atom stereocenters. The van der Waals surface area contributed by atoms with Gasteiger partial charge < -0.3 is 4.74 Å². The zero-order valence-electron chi connectivity index (χ0n) is 10.4. The lowest BCUT2D eigenvalue weighted by atomic mass is 9.98. The van der Waals surface area contributed by atoms with Crippen molar-refractivity contribution in [2.24, 2.45) is 5.92 Å². The van der Waals surface area contributed by atoms with Crippen LogP contribution in [0.2, 0.25) is 0 Å². The van der Waals surface area contributed by atoms with E-state index in [1.807, 2.05) is 6.07 Å². The number of likely N-dealkylation sites (tertiary alicyclic amines) is 1. The van der Waals surface area contributed by atoms with Crippen molar-refractivity contribution in [1.82, 2.24) is 9.88 Å². The fourth-order valence-corrected chi connectivity index (χ4v) is 2.52. The summed E-state index contributed by atoms with van der Waals surface area (Å²) in [6.07, 6.45) is 2.92. The largest absolute Gasteiger partial charge is 0.481 e. The highest BCUT2D eigenvalue weighted by Crippen LogP contribution is 2.24. The third-order valence-electron chi connectivity index (χ3n) is 3.39. The van der Waals surface area contributed by atoms with Crippen molar-refractivity contribution in [1.29, 1.82) is 0 Å². The summed E-state index contributed by atoms with van der Waals surface area (Å²) >= 11 is 6.31. The van der Waals surface area contributed by atoms with Crippen LogP contribution in [-0.2, 0) is 6.54 Å². The predicted octanol–water partition coefficient (Wildman–Crippen LogP) is 2.54. The summed E-state index contributed by atoms with van der Waals surface area (Å²) < 4.78 is 5.26. The van der Waals surface area contributed by atoms with Crippen molar-refractivity contribution >= 4 is 11.6 Å². The molecule has 0 radical (unpaired) electrons. The maximum absolute atomic E-state index is 6.31. The van der Waals surface area contributed by atoms with Gasteiger partial charge in [-0.25, -0.2) is 4.98 Å². The second-order valence-electron chi connectivity index (χ2n) is 4.69. The van der Waals surface area contributed by atoms with E-state index in [1.54, 1.807) is 13.3 Å². The molecule has 17 heavy (non-hydrogen) atoms. The number of alkyl halides is 1.